The molecule has 0 saturated carbocycles. The van der Waals surface area contributed by atoms with E-state index < -0.39 is 10.0 Å². The third kappa shape index (κ3) is 2.65. The Bertz CT molecular complexity index is 522. The molecule has 2 heterocycles. The molecule has 1 aromatic heterocycles. The van der Waals surface area contributed by atoms with Gasteiger partial charge in [0.25, 0.3) is 10.0 Å². The fourth-order valence-corrected chi connectivity index (χ4v) is 5.85. The van der Waals surface area contributed by atoms with E-state index in [0.29, 0.717) is 23.2 Å². The van der Waals surface area contributed by atoms with Crippen molar-refractivity contribution in [3.63, 3.8) is 0 Å². The first-order valence-electron chi connectivity index (χ1n) is 5.84. The molecule has 2 N–H and O–H groups in total. The van der Waals surface area contributed by atoms with Crippen molar-refractivity contribution in [1.29, 1.82) is 0 Å². The van der Waals surface area contributed by atoms with E-state index in [2.05, 4.69) is 22.9 Å². The van der Waals surface area contributed by atoms with Crippen molar-refractivity contribution in [1.82, 2.24) is 4.31 Å². The lowest BCUT2D eigenvalue weighted by Gasteiger charge is -2.33. The van der Waals surface area contributed by atoms with Crippen molar-refractivity contribution in [2.75, 3.05) is 13.1 Å². The smallest absolute Gasteiger partial charge is 0.252 e. The maximum Gasteiger partial charge on any atom is 0.252 e. The van der Waals surface area contributed by atoms with E-state index in [4.69, 9.17) is 5.73 Å². The lowest BCUT2D eigenvalue weighted by Crippen LogP contribution is -2.49. The maximum absolute atomic E-state index is 12.5. The number of rotatable bonds is 2. The molecule has 4 nitrogen and oxygen atoms in total. The Morgan fingerprint density at radius 3 is 2.72 bits per heavy atom. The summed E-state index contributed by atoms with van der Waals surface area (Å²) in [5.74, 6) is 0.383. The molecule has 102 valence electrons. The quantitative estimate of drug-likeness (QED) is 0.886. The number of piperidine rings is 1. The Morgan fingerprint density at radius 2 is 2.22 bits per heavy atom. The summed E-state index contributed by atoms with van der Waals surface area (Å²) >= 11 is 4.63. The summed E-state index contributed by atoms with van der Waals surface area (Å²) in [4.78, 5) is 0. The van der Waals surface area contributed by atoms with E-state index in [1.807, 2.05) is 6.92 Å². The Labute approximate surface area is 120 Å². The van der Waals surface area contributed by atoms with Crippen LogP contribution >= 0.6 is 27.3 Å². The van der Waals surface area contributed by atoms with Gasteiger partial charge < -0.3 is 5.73 Å². The summed E-state index contributed by atoms with van der Waals surface area (Å²) in [6, 6.07) is 1.64. The zero-order chi connectivity index (χ0) is 13.5. The van der Waals surface area contributed by atoms with Crippen LogP contribution in [0, 0.1) is 12.8 Å². The number of sulfonamides is 1. The van der Waals surface area contributed by atoms with E-state index in [9.17, 15) is 8.42 Å². The number of halogens is 1. The van der Waals surface area contributed by atoms with Gasteiger partial charge in [-0.3, -0.25) is 0 Å². The summed E-state index contributed by atoms with van der Waals surface area (Å²) in [6.45, 7) is 4.94. The molecule has 2 unspecified atom stereocenters. The van der Waals surface area contributed by atoms with Crippen LogP contribution < -0.4 is 5.73 Å². The third-order valence-electron chi connectivity index (χ3n) is 3.41. The monoisotopic (exact) mass is 352 g/mol. The zero-order valence-corrected chi connectivity index (χ0v) is 13.6. The Hall–Kier alpha value is 0.0500. The maximum atomic E-state index is 12.5. The van der Waals surface area contributed by atoms with Crippen molar-refractivity contribution < 1.29 is 8.42 Å². The van der Waals surface area contributed by atoms with Crippen LogP contribution in [0.5, 0.6) is 0 Å². The van der Waals surface area contributed by atoms with E-state index in [-0.39, 0.29) is 6.04 Å². The van der Waals surface area contributed by atoms with Crippen molar-refractivity contribution in [2.24, 2.45) is 11.7 Å². The van der Waals surface area contributed by atoms with Crippen LogP contribution in [-0.2, 0) is 10.0 Å². The van der Waals surface area contributed by atoms with E-state index >= 15 is 0 Å². The average molecular weight is 353 g/mol. The molecule has 0 amide bonds. The number of aryl methyl sites for hydroxylation is 1. The average Bonchev–Trinajstić information content (AvgIpc) is 2.64. The first-order chi connectivity index (χ1) is 8.32. The minimum absolute atomic E-state index is 0.0713. The van der Waals surface area contributed by atoms with Gasteiger partial charge in [0, 0.05) is 19.1 Å². The predicted octanol–water partition coefficient (Wildman–Crippen LogP) is 2.18. The lowest BCUT2D eigenvalue weighted by atomic mass is 9.96. The van der Waals surface area contributed by atoms with Crippen LogP contribution in [0.2, 0.25) is 0 Å². The first-order valence-corrected chi connectivity index (χ1v) is 8.89. The highest BCUT2D eigenvalue weighted by molar-refractivity contribution is 9.11. The van der Waals surface area contributed by atoms with Crippen molar-refractivity contribution in [3.05, 3.63) is 15.4 Å². The van der Waals surface area contributed by atoms with Gasteiger partial charge in [0.15, 0.2) is 0 Å². The van der Waals surface area contributed by atoms with Gasteiger partial charge in [-0.15, -0.1) is 11.3 Å². The summed E-state index contributed by atoms with van der Waals surface area (Å²) in [5, 5.41) is 0. The number of nitrogens with zero attached hydrogens (tertiary/aromatic N) is 1. The molecule has 0 radical (unpaired) electrons. The fraction of sp³-hybridized carbons (Fsp3) is 0.636. The largest absolute Gasteiger partial charge is 0.326 e. The van der Waals surface area contributed by atoms with Crippen LogP contribution in [0.15, 0.2) is 14.1 Å². The SMILES string of the molecule is Cc1cc(S(=O)(=O)N2CCC(C)C(N)C2)sc1Br. The highest BCUT2D eigenvalue weighted by atomic mass is 79.9. The molecule has 1 aliphatic heterocycles. The van der Waals surface area contributed by atoms with Crippen molar-refractivity contribution >= 4 is 37.3 Å². The number of nitrogens with two attached hydrogens (primary N) is 1. The molecule has 0 aromatic carbocycles. The van der Waals surface area contributed by atoms with Crippen molar-refractivity contribution in [2.45, 2.75) is 30.5 Å². The minimum atomic E-state index is -3.38. The van der Waals surface area contributed by atoms with Crippen LogP contribution in [0.1, 0.15) is 18.9 Å². The Kier molecular flexibility index (Phi) is 4.18. The summed E-state index contributed by atoms with van der Waals surface area (Å²) < 4.78 is 27.7. The van der Waals surface area contributed by atoms with Gasteiger partial charge in [0.2, 0.25) is 0 Å². The van der Waals surface area contributed by atoms with Crippen LogP contribution in [0.25, 0.3) is 0 Å². The molecule has 1 aromatic rings. The normalized spacial score (nSPS) is 26.4. The molecule has 2 rings (SSSR count). The molecule has 1 aliphatic rings. The summed E-state index contributed by atoms with van der Waals surface area (Å²) in [7, 11) is -3.38. The van der Waals surface area contributed by atoms with E-state index in [1.165, 1.54) is 15.6 Å². The lowest BCUT2D eigenvalue weighted by molar-refractivity contribution is 0.253. The minimum Gasteiger partial charge on any atom is -0.326 e. The highest BCUT2D eigenvalue weighted by Crippen LogP contribution is 2.33. The van der Waals surface area contributed by atoms with Crippen LogP contribution in [0.3, 0.4) is 0 Å². The Morgan fingerprint density at radius 1 is 1.56 bits per heavy atom. The predicted molar refractivity (Wildman–Crippen MR) is 77.3 cm³/mol. The van der Waals surface area contributed by atoms with E-state index in [1.54, 1.807) is 6.07 Å². The molecule has 0 spiro atoms. The second kappa shape index (κ2) is 5.20. The van der Waals surface area contributed by atoms with Gasteiger partial charge in [-0.2, -0.15) is 4.31 Å². The first kappa shape index (κ1) is 14.5. The molecule has 0 bridgehead atoms. The third-order valence-corrected chi connectivity index (χ3v) is 7.86. The molecular weight excluding hydrogens is 336 g/mol. The van der Waals surface area contributed by atoms with Crippen molar-refractivity contribution in [3.8, 4) is 0 Å². The number of hydrogen-bond donors (Lipinski definition) is 1. The summed E-state index contributed by atoms with van der Waals surface area (Å²) in [5.41, 5.74) is 6.92. The summed E-state index contributed by atoms with van der Waals surface area (Å²) in [6.07, 6.45) is 0.825. The number of hydrogen-bond acceptors (Lipinski definition) is 4. The van der Waals surface area contributed by atoms with Crippen LogP contribution in [-0.4, -0.2) is 31.9 Å². The second-order valence-corrected chi connectivity index (χ2v) is 9.35. The van der Waals surface area contributed by atoms with Gasteiger partial charge in [-0.05, 0) is 46.8 Å². The van der Waals surface area contributed by atoms with Gasteiger partial charge >= 0.3 is 0 Å². The molecule has 0 aliphatic carbocycles. The van der Waals surface area contributed by atoms with Gasteiger partial charge in [0.1, 0.15) is 4.21 Å². The second-order valence-electron chi connectivity index (χ2n) is 4.82. The topological polar surface area (TPSA) is 63.4 Å². The van der Waals surface area contributed by atoms with Gasteiger partial charge in [-0.1, -0.05) is 6.92 Å². The molecule has 1 fully saturated rings. The Balaban J connectivity index is 2.26. The molecule has 7 heteroatoms. The van der Waals surface area contributed by atoms with Gasteiger partial charge in [-0.25, -0.2) is 8.42 Å². The molecular formula is C11H17BrN2O2S2. The van der Waals surface area contributed by atoms with Crippen LogP contribution in [0.4, 0.5) is 0 Å². The van der Waals surface area contributed by atoms with Gasteiger partial charge in [0.05, 0.1) is 3.79 Å². The fourth-order valence-electron chi connectivity index (χ4n) is 1.97. The standard InChI is InChI=1S/C11H17BrN2O2S2/c1-7-3-4-14(6-9(7)13)18(15,16)10-5-8(2)11(12)17-10/h5,7,9H,3-4,6,13H2,1-2H3. The molecule has 1 saturated heterocycles. The molecule has 18 heavy (non-hydrogen) atoms. The number of thiophene rings is 1. The zero-order valence-electron chi connectivity index (χ0n) is 10.4. The van der Waals surface area contributed by atoms with E-state index in [0.717, 1.165) is 15.8 Å². The highest BCUT2D eigenvalue weighted by Gasteiger charge is 2.33. The molecule has 2 atom stereocenters.